The van der Waals surface area contributed by atoms with Crippen molar-refractivity contribution in [3.63, 3.8) is 0 Å². The second-order valence-electron chi connectivity index (χ2n) is 7.47. The molecule has 2 heterocycles. The molecule has 0 aliphatic carbocycles. The minimum absolute atomic E-state index is 0.256. The van der Waals surface area contributed by atoms with Gasteiger partial charge in [-0.1, -0.05) is 34.1 Å². The van der Waals surface area contributed by atoms with Crippen LogP contribution in [0.1, 0.15) is 59.1 Å². The van der Waals surface area contributed by atoms with Crippen LogP contribution in [0, 0.1) is 5.41 Å². The molecule has 1 atom stereocenters. The minimum Gasteiger partial charge on any atom is -0.389 e. The topological polar surface area (TPSA) is 48.9 Å². The molecule has 0 spiro atoms. The van der Waals surface area contributed by atoms with Crippen LogP contribution in [0.3, 0.4) is 0 Å². The van der Waals surface area contributed by atoms with Gasteiger partial charge in [0.1, 0.15) is 0 Å². The Bertz CT molecular complexity index is 549. The van der Waals surface area contributed by atoms with Crippen LogP contribution in [0.15, 0.2) is 24.5 Å². The number of rotatable bonds is 6. The third kappa shape index (κ3) is 4.57. The van der Waals surface area contributed by atoms with E-state index in [2.05, 4.69) is 43.7 Å². The van der Waals surface area contributed by atoms with Crippen molar-refractivity contribution in [2.45, 2.75) is 65.4 Å². The first-order valence-corrected chi connectivity index (χ1v) is 7.95. The van der Waals surface area contributed by atoms with Crippen molar-refractivity contribution < 1.29 is 5.11 Å². The fraction of sp³-hybridized carbons (Fsp3) is 0.611. The fourth-order valence-corrected chi connectivity index (χ4v) is 2.86. The zero-order chi connectivity index (χ0) is 15.5. The van der Waals surface area contributed by atoms with Crippen LogP contribution in [0.2, 0.25) is 0 Å². The van der Waals surface area contributed by atoms with E-state index in [1.54, 1.807) is 6.20 Å². The van der Waals surface area contributed by atoms with Gasteiger partial charge >= 0.3 is 0 Å². The molecular weight excluding hydrogens is 260 g/mol. The quantitative estimate of drug-likeness (QED) is 0.824. The van der Waals surface area contributed by atoms with Gasteiger partial charge in [-0.05, 0) is 36.8 Å². The summed E-state index contributed by atoms with van der Waals surface area (Å²) in [4.78, 5) is 7.52. The van der Waals surface area contributed by atoms with Gasteiger partial charge in [-0.15, -0.1) is 0 Å². The van der Waals surface area contributed by atoms with Gasteiger partial charge in [0.05, 0.1) is 17.3 Å². The highest BCUT2D eigenvalue weighted by Gasteiger charge is 2.28. The van der Waals surface area contributed by atoms with E-state index in [1.807, 2.05) is 12.3 Å². The molecule has 3 nitrogen and oxygen atoms in total. The Morgan fingerprint density at radius 2 is 1.95 bits per heavy atom. The number of nitrogens with one attached hydrogen (secondary N) is 1. The van der Waals surface area contributed by atoms with Crippen molar-refractivity contribution in [2.24, 2.45) is 5.41 Å². The summed E-state index contributed by atoms with van der Waals surface area (Å²) < 4.78 is 0. The van der Waals surface area contributed by atoms with Gasteiger partial charge in [0.25, 0.3) is 0 Å². The lowest BCUT2D eigenvalue weighted by molar-refractivity contribution is 0.0115. The maximum atomic E-state index is 11.0. The summed E-state index contributed by atoms with van der Waals surface area (Å²) in [6.07, 6.45) is 8.05. The Labute approximate surface area is 127 Å². The van der Waals surface area contributed by atoms with E-state index < -0.39 is 5.60 Å². The number of hydrogen-bond acceptors (Lipinski definition) is 2. The predicted octanol–water partition coefficient (Wildman–Crippen LogP) is 4.46. The van der Waals surface area contributed by atoms with Crippen LogP contribution >= 0.6 is 0 Å². The molecule has 0 aromatic carbocycles. The van der Waals surface area contributed by atoms with Crippen LogP contribution in [0.4, 0.5) is 0 Å². The summed E-state index contributed by atoms with van der Waals surface area (Å²) in [5, 5.41) is 12.2. The molecule has 0 bridgehead atoms. The van der Waals surface area contributed by atoms with Crippen molar-refractivity contribution in [1.29, 1.82) is 0 Å². The van der Waals surface area contributed by atoms with Gasteiger partial charge in [0, 0.05) is 23.7 Å². The van der Waals surface area contributed by atoms with Crippen LogP contribution < -0.4 is 0 Å². The average Bonchev–Trinajstić information content (AvgIpc) is 2.78. The molecule has 0 aliphatic rings. The third-order valence-corrected chi connectivity index (χ3v) is 4.05. The average molecular weight is 288 g/mol. The SMILES string of the molecule is CCCC(O)(CCC(C)(C)C)Cc1cc2ccncc2[nH]1. The van der Waals surface area contributed by atoms with E-state index in [9.17, 15) is 5.11 Å². The third-order valence-electron chi connectivity index (χ3n) is 4.05. The van der Waals surface area contributed by atoms with E-state index in [4.69, 9.17) is 0 Å². The molecule has 21 heavy (non-hydrogen) atoms. The second kappa shape index (κ2) is 6.18. The molecule has 116 valence electrons. The molecule has 0 saturated carbocycles. The molecule has 0 aliphatic heterocycles. The largest absolute Gasteiger partial charge is 0.389 e. The zero-order valence-corrected chi connectivity index (χ0v) is 13.7. The zero-order valence-electron chi connectivity index (χ0n) is 13.7. The van der Waals surface area contributed by atoms with Crippen LogP contribution in [-0.4, -0.2) is 20.7 Å². The number of aromatic amines is 1. The Balaban J connectivity index is 2.14. The van der Waals surface area contributed by atoms with E-state index in [0.29, 0.717) is 6.42 Å². The molecule has 0 radical (unpaired) electrons. The van der Waals surface area contributed by atoms with Crippen LogP contribution in [0.5, 0.6) is 0 Å². The van der Waals surface area contributed by atoms with Gasteiger partial charge in [-0.2, -0.15) is 0 Å². The smallest absolute Gasteiger partial charge is 0.0702 e. The van der Waals surface area contributed by atoms with E-state index >= 15 is 0 Å². The molecule has 0 fully saturated rings. The summed E-state index contributed by atoms with van der Waals surface area (Å²) in [5.74, 6) is 0. The van der Waals surface area contributed by atoms with Crippen molar-refractivity contribution in [3.05, 3.63) is 30.2 Å². The van der Waals surface area contributed by atoms with Gasteiger partial charge in [-0.3, -0.25) is 4.98 Å². The lowest BCUT2D eigenvalue weighted by Crippen LogP contribution is -2.33. The molecule has 2 aromatic heterocycles. The normalized spacial score (nSPS) is 15.3. The molecule has 2 rings (SSSR count). The van der Waals surface area contributed by atoms with Gasteiger partial charge in [0.15, 0.2) is 0 Å². The minimum atomic E-state index is -0.615. The Morgan fingerprint density at radius 3 is 2.57 bits per heavy atom. The Kier molecular flexibility index (Phi) is 4.72. The van der Waals surface area contributed by atoms with Crippen molar-refractivity contribution in [2.75, 3.05) is 0 Å². The maximum absolute atomic E-state index is 11.0. The number of H-pyrrole nitrogens is 1. The van der Waals surface area contributed by atoms with Crippen LogP contribution in [0.25, 0.3) is 10.9 Å². The molecular formula is C18H28N2O. The number of hydrogen-bond donors (Lipinski definition) is 2. The summed E-state index contributed by atoms with van der Waals surface area (Å²) >= 11 is 0. The first-order chi connectivity index (χ1) is 9.81. The highest BCUT2D eigenvalue weighted by molar-refractivity contribution is 5.79. The molecule has 2 aromatic rings. The van der Waals surface area contributed by atoms with Crippen molar-refractivity contribution >= 4 is 10.9 Å². The summed E-state index contributed by atoms with van der Waals surface area (Å²) in [7, 11) is 0. The Hall–Kier alpha value is -1.35. The summed E-state index contributed by atoms with van der Waals surface area (Å²) in [6.45, 7) is 8.83. The molecule has 2 N–H and O–H groups in total. The van der Waals surface area contributed by atoms with E-state index in [0.717, 1.165) is 42.3 Å². The lowest BCUT2D eigenvalue weighted by atomic mass is 9.81. The molecule has 0 amide bonds. The Morgan fingerprint density at radius 1 is 1.19 bits per heavy atom. The standard InChI is InChI=1S/C18H28N2O/c1-5-7-18(21,9-8-17(2,3)4)12-15-11-14-6-10-19-13-16(14)20-15/h6,10-11,13,20-21H,5,7-9,12H2,1-4H3. The molecule has 1 unspecified atom stereocenters. The number of aromatic nitrogens is 2. The molecule has 3 heteroatoms. The maximum Gasteiger partial charge on any atom is 0.0702 e. The van der Waals surface area contributed by atoms with Gasteiger partial charge in [0.2, 0.25) is 0 Å². The van der Waals surface area contributed by atoms with E-state index in [-0.39, 0.29) is 5.41 Å². The summed E-state index contributed by atoms with van der Waals surface area (Å²) in [5.41, 5.74) is 1.78. The van der Waals surface area contributed by atoms with Gasteiger partial charge in [-0.25, -0.2) is 0 Å². The van der Waals surface area contributed by atoms with Crippen molar-refractivity contribution in [1.82, 2.24) is 9.97 Å². The number of aliphatic hydroxyl groups is 1. The monoisotopic (exact) mass is 288 g/mol. The van der Waals surface area contributed by atoms with Crippen molar-refractivity contribution in [3.8, 4) is 0 Å². The van der Waals surface area contributed by atoms with E-state index in [1.165, 1.54) is 0 Å². The fourth-order valence-electron chi connectivity index (χ4n) is 2.86. The van der Waals surface area contributed by atoms with Gasteiger partial charge < -0.3 is 10.1 Å². The second-order valence-corrected chi connectivity index (χ2v) is 7.47. The lowest BCUT2D eigenvalue weighted by Gasteiger charge is -2.31. The highest BCUT2D eigenvalue weighted by atomic mass is 16.3. The summed E-state index contributed by atoms with van der Waals surface area (Å²) in [6, 6.07) is 4.14. The first-order valence-electron chi connectivity index (χ1n) is 7.95. The predicted molar refractivity (Wildman–Crippen MR) is 88.3 cm³/mol. The number of pyridine rings is 1. The number of nitrogens with zero attached hydrogens (tertiary/aromatic N) is 1. The first kappa shape index (κ1) is 16.0. The molecule has 0 saturated heterocycles. The van der Waals surface area contributed by atoms with Crippen LogP contribution in [-0.2, 0) is 6.42 Å². The highest BCUT2D eigenvalue weighted by Crippen LogP contribution is 2.31. The number of fused-ring (bicyclic) bond motifs is 1.